The summed E-state index contributed by atoms with van der Waals surface area (Å²) >= 11 is 3.39. The monoisotopic (exact) mass is 402 g/mol. The first-order chi connectivity index (χ1) is 12.1. The van der Waals surface area contributed by atoms with Gasteiger partial charge in [-0.1, -0.05) is 18.2 Å². The van der Waals surface area contributed by atoms with E-state index in [1.165, 1.54) is 0 Å². The molecule has 0 saturated heterocycles. The van der Waals surface area contributed by atoms with Gasteiger partial charge in [-0.2, -0.15) is 0 Å². The lowest BCUT2D eigenvalue weighted by Gasteiger charge is -2.09. The lowest BCUT2D eigenvalue weighted by Crippen LogP contribution is -2.26. The molecule has 0 aliphatic carbocycles. The third kappa shape index (κ3) is 3.85. The zero-order valence-electron chi connectivity index (χ0n) is 14.1. The van der Waals surface area contributed by atoms with Crippen LogP contribution in [0.5, 0.6) is 5.75 Å². The molecular weight excluding hydrogens is 384 g/mol. The molecule has 0 unspecified atom stereocenters. The standard InChI is InChI=1S/C19H19BrN2O3/c1-12-16(17(20)13(2)25-12)19(23)22-10-5-11-24-15-8-3-6-14-7-4-9-21-18(14)15/h3-4,6-9H,5,10-11H2,1-2H3,(H,22,23). The van der Waals surface area contributed by atoms with Crippen molar-refractivity contribution in [3.05, 3.63) is 58.1 Å². The summed E-state index contributed by atoms with van der Waals surface area (Å²) in [4.78, 5) is 16.6. The molecule has 3 rings (SSSR count). The molecular formula is C19H19BrN2O3. The number of pyridine rings is 1. The molecule has 0 aliphatic rings. The highest BCUT2D eigenvalue weighted by molar-refractivity contribution is 9.10. The van der Waals surface area contributed by atoms with Gasteiger partial charge in [-0.25, -0.2) is 0 Å². The van der Waals surface area contributed by atoms with Crippen molar-refractivity contribution in [3.8, 4) is 5.75 Å². The average molecular weight is 403 g/mol. The Kier molecular flexibility index (Phi) is 5.38. The van der Waals surface area contributed by atoms with Crippen molar-refractivity contribution in [3.63, 3.8) is 0 Å². The van der Waals surface area contributed by atoms with Crippen LogP contribution in [0.25, 0.3) is 10.9 Å². The van der Waals surface area contributed by atoms with Gasteiger partial charge < -0.3 is 14.5 Å². The van der Waals surface area contributed by atoms with E-state index in [1.807, 2.05) is 37.3 Å². The maximum atomic E-state index is 12.3. The Hall–Kier alpha value is -2.34. The zero-order valence-corrected chi connectivity index (χ0v) is 15.7. The van der Waals surface area contributed by atoms with E-state index >= 15 is 0 Å². The molecule has 2 heterocycles. The van der Waals surface area contributed by atoms with Gasteiger partial charge in [0.25, 0.3) is 5.91 Å². The highest BCUT2D eigenvalue weighted by Gasteiger charge is 2.19. The number of hydrogen-bond donors (Lipinski definition) is 1. The van der Waals surface area contributed by atoms with Crippen molar-refractivity contribution >= 4 is 32.7 Å². The number of ether oxygens (including phenoxy) is 1. The van der Waals surface area contributed by atoms with E-state index in [0.29, 0.717) is 41.1 Å². The van der Waals surface area contributed by atoms with Crippen LogP contribution in [-0.4, -0.2) is 24.0 Å². The molecule has 25 heavy (non-hydrogen) atoms. The number of nitrogens with one attached hydrogen (secondary N) is 1. The number of furan rings is 1. The highest BCUT2D eigenvalue weighted by Crippen LogP contribution is 2.27. The van der Waals surface area contributed by atoms with Crippen molar-refractivity contribution in [2.24, 2.45) is 0 Å². The number of aromatic nitrogens is 1. The zero-order chi connectivity index (χ0) is 17.8. The van der Waals surface area contributed by atoms with Crippen molar-refractivity contribution in [1.29, 1.82) is 0 Å². The van der Waals surface area contributed by atoms with Gasteiger partial charge in [-0.3, -0.25) is 9.78 Å². The second-order valence-corrected chi connectivity index (χ2v) is 6.49. The molecule has 0 atom stereocenters. The molecule has 0 spiro atoms. The van der Waals surface area contributed by atoms with Gasteiger partial charge in [0, 0.05) is 18.1 Å². The fraction of sp³-hybridized carbons (Fsp3) is 0.263. The lowest BCUT2D eigenvalue weighted by atomic mass is 10.2. The van der Waals surface area contributed by atoms with E-state index in [2.05, 4.69) is 26.2 Å². The van der Waals surface area contributed by atoms with E-state index in [9.17, 15) is 4.79 Å². The molecule has 130 valence electrons. The first-order valence-electron chi connectivity index (χ1n) is 8.08. The predicted molar refractivity (Wildman–Crippen MR) is 100 cm³/mol. The topological polar surface area (TPSA) is 64.4 Å². The van der Waals surface area contributed by atoms with Crippen LogP contribution in [-0.2, 0) is 0 Å². The fourth-order valence-corrected chi connectivity index (χ4v) is 3.19. The quantitative estimate of drug-likeness (QED) is 0.620. The van der Waals surface area contributed by atoms with Crippen LogP contribution in [0.1, 0.15) is 28.3 Å². The Morgan fingerprint density at radius 2 is 2.04 bits per heavy atom. The minimum Gasteiger partial charge on any atom is -0.491 e. The summed E-state index contributed by atoms with van der Waals surface area (Å²) in [5.41, 5.74) is 1.40. The first-order valence-corrected chi connectivity index (χ1v) is 8.87. The minimum atomic E-state index is -0.145. The van der Waals surface area contributed by atoms with E-state index < -0.39 is 0 Å². The molecule has 6 heteroatoms. The number of halogens is 1. The number of nitrogens with zero attached hydrogens (tertiary/aromatic N) is 1. The Bertz CT molecular complexity index is 900. The van der Waals surface area contributed by atoms with Gasteiger partial charge in [0.05, 0.1) is 16.6 Å². The van der Waals surface area contributed by atoms with Gasteiger partial charge in [0.1, 0.15) is 22.8 Å². The van der Waals surface area contributed by atoms with Crippen LogP contribution in [0.3, 0.4) is 0 Å². The van der Waals surface area contributed by atoms with Crippen molar-refractivity contribution < 1.29 is 13.9 Å². The molecule has 3 aromatic rings. The van der Waals surface area contributed by atoms with Crippen LogP contribution >= 0.6 is 15.9 Å². The number of aryl methyl sites for hydroxylation is 2. The lowest BCUT2D eigenvalue weighted by molar-refractivity contribution is 0.0949. The summed E-state index contributed by atoms with van der Waals surface area (Å²) in [5.74, 6) is 1.93. The summed E-state index contributed by atoms with van der Waals surface area (Å²) < 4.78 is 12.0. The number of para-hydroxylation sites is 1. The molecule has 0 radical (unpaired) electrons. The average Bonchev–Trinajstić information content (AvgIpc) is 2.86. The third-order valence-electron chi connectivity index (χ3n) is 3.87. The van der Waals surface area contributed by atoms with Crippen molar-refractivity contribution in [1.82, 2.24) is 10.3 Å². The summed E-state index contributed by atoms with van der Waals surface area (Å²) in [6.07, 6.45) is 2.45. The van der Waals surface area contributed by atoms with E-state index in [0.717, 1.165) is 16.7 Å². The maximum Gasteiger partial charge on any atom is 0.255 e. The smallest absolute Gasteiger partial charge is 0.255 e. The molecule has 0 aliphatic heterocycles. The molecule has 5 nitrogen and oxygen atoms in total. The molecule has 1 amide bonds. The largest absolute Gasteiger partial charge is 0.491 e. The molecule has 1 N–H and O–H groups in total. The van der Waals surface area contributed by atoms with E-state index in [4.69, 9.17) is 9.15 Å². The van der Waals surface area contributed by atoms with Gasteiger partial charge in [0.15, 0.2) is 0 Å². The minimum absolute atomic E-state index is 0.145. The van der Waals surface area contributed by atoms with Gasteiger partial charge in [0.2, 0.25) is 0 Å². The third-order valence-corrected chi connectivity index (χ3v) is 4.83. The molecule has 0 fully saturated rings. The molecule has 2 aromatic heterocycles. The predicted octanol–water partition coefficient (Wildman–Crippen LogP) is 4.41. The van der Waals surface area contributed by atoms with Crippen LogP contribution in [0.15, 0.2) is 45.4 Å². The number of fused-ring (bicyclic) bond motifs is 1. The fourth-order valence-electron chi connectivity index (χ4n) is 2.65. The van der Waals surface area contributed by atoms with Crippen LogP contribution in [0.2, 0.25) is 0 Å². The Balaban J connectivity index is 1.51. The number of amides is 1. The Morgan fingerprint density at radius 1 is 1.24 bits per heavy atom. The number of benzene rings is 1. The van der Waals surface area contributed by atoms with Crippen LogP contribution in [0.4, 0.5) is 0 Å². The maximum absolute atomic E-state index is 12.3. The summed E-state index contributed by atoms with van der Waals surface area (Å²) in [5, 5.41) is 3.94. The Morgan fingerprint density at radius 3 is 2.80 bits per heavy atom. The van der Waals surface area contributed by atoms with Crippen molar-refractivity contribution in [2.75, 3.05) is 13.2 Å². The summed E-state index contributed by atoms with van der Waals surface area (Å²) in [6, 6.07) is 9.76. The number of hydrogen-bond acceptors (Lipinski definition) is 4. The first kappa shape index (κ1) is 17.5. The number of carbonyl (C=O) groups is 1. The van der Waals surface area contributed by atoms with Crippen LogP contribution in [0, 0.1) is 13.8 Å². The van der Waals surface area contributed by atoms with Gasteiger partial charge >= 0.3 is 0 Å². The second-order valence-electron chi connectivity index (χ2n) is 5.69. The SMILES string of the molecule is Cc1oc(C)c(C(=O)NCCCOc2cccc3cccnc23)c1Br. The summed E-state index contributed by atoms with van der Waals surface area (Å²) in [7, 11) is 0. The van der Waals surface area contributed by atoms with Gasteiger partial charge in [-0.15, -0.1) is 0 Å². The Labute approximate surface area is 154 Å². The molecule has 0 bridgehead atoms. The van der Waals surface area contributed by atoms with E-state index in [-0.39, 0.29) is 5.91 Å². The molecule has 0 saturated carbocycles. The number of carbonyl (C=O) groups excluding carboxylic acids is 1. The highest BCUT2D eigenvalue weighted by atomic mass is 79.9. The second kappa shape index (κ2) is 7.70. The van der Waals surface area contributed by atoms with Crippen molar-refractivity contribution in [2.45, 2.75) is 20.3 Å². The normalized spacial score (nSPS) is 10.8. The summed E-state index contributed by atoms with van der Waals surface area (Å²) in [6.45, 7) is 4.62. The van der Waals surface area contributed by atoms with E-state index in [1.54, 1.807) is 13.1 Å². The van der Waals surface area contributed by atoms with Crippen LogP contribution < -0.4 is 10.1 Å². The number of rotatable bonds is 6. The van der Waals surface area contributed by atoms with Gasteiger partial charge in [-0.05, 0) is 48.3 Å². The molecule has 1 aromatic carbocycles.